The largest absolute Gasteiger partial charge is 0.453 e. The average Bonchev–Trinajstić information content (AvgIpc) is 3.06. The number of alkyl halides is 3. The minimum atomic E-state index is -4.41. The third-order valence-corrected chi connectivity index (χ3v) is 4.17. The Hall–Kier alpha value is -2.84. The average molecular weight is 384 g/mol. The van der Waals surface area contributed by atoms with E-state index in [1.54, 1.807) is 7.05 Å². The minimum absolute atomic E-state index is 0.0702. The van der Waals surface area contributed by atoms with Gasteiger partial charge in [0.05, 0.1) is 0 Å². The smallest absolute Gasteiger partial charge is 0.406 e. The van der Waals surface area contributed by atoms with Gasteiger partial charge in [-0.2, -0.15) is 13.2 Å². The molecule has 0 atom stereocenters. The number of ketones is 2. The Bertz CT molecular complexity index is 907. The van der Waals surface area contributed by atoms with Crippen LogP contribution in [0.2, 0.25) is 0 Å². The van der Waals surface area contributed by atoms with Gasteiger partial charge in [-0.25, -0.2) is 4.79 Å². The number of carbonyl (C=O) groups is 3. The van der Waals surface area contributed by atoms with Crippen LogP contribution in [0, 0.1) is 13.8 Å². The number of halogens is 3. The van der Waals surface area contributed by atoms with E-state index >= 15 is 0 Å². The van der Waals surface area contributed by atoms with Crippen molar-refractivity contribution in [2.24, 2.45) is 7.05 Å². The highest BCUT2D eigenvalue weighted by molar-refractivity contribution is 6.01. The van der Waals surface area contributed by atoms with Crippen molar-refractivity contribution >= 4 is 17.5 Å². The minimum Gasteiger partial charge on any atom is -0.453 e. The summed E-state index contributed by atoms with van der Waals surface area (Å²) in [5.74, 6) is -1.63. The van der Waals surface area contributed by atoms with Gasteiger partial charge < -0.3 is 13.9 Å². The standard InChI is InChI=1S/C18H19F3N2O4/c1-10-5-14(11(2)23(10)9-18(19,20)21)16(25)8-27-17(26)15-6-13(12(3)24)7-22(15)4/h5-7H,8-9H2,1-4H3. The number of Topliss-reactive ketones (excluding diaryl/α,β-unsaturated/α-hetero) is 2. The lowest BCUT2D eigenvalue weighted by molar-refractivity contribution is -0.141. The van der Waals surface area contributed by atoms with Crippen molar-refractivity contribution in [2.45, 2.75) is 33.5 Å². The molecule has 2 rings (SSSR count). The van der Waals surface area contributed by atoms with Crippen molar-refractivity contribution in [3.63, 3.8) is 0 Å². The molecule has 0 aliphatic carbocycles. The van der Waals surface area contributed by atoms with Crippen LogP contribution in [0.15, 0.2) is 18.3 Å². The molecule has 0 fully saturated rings. The summed E-state index contributed by atoms with van der Waals surface area (Å²) in [6, 6.07) is 2.69. The summed E-state index contributed by atoms with van der Waals surface area (Å²) < 4.78 is 45.3. The predicted octanol–water partition coefficient (Wildman–Crippen LogP) is 3.25. The van der Waals surface area contributed by atoms with E-state index in [-0.39, 0.29) is 28.4 Å². The van der Waals surface area contributed by atoms with Gasteiger partial charge in [0.25, 0.3) is 0 Å². The van der Waals surface area contributed by atoms with Crippen molar-refractivity contribution in [3.05, 3.63) is 46.5 Å². The zero-order valence-corrected chi connectivity index (χ0v) is 15.3. The highest BCUT2D eigenvalue weighted by Gasteiger charge is 2.30. The maximum Gasteiger partial charge on any atom is 0.406 e. The molecule has 2 heterocycles. The van der Waals surface area contributed by atoms with Crippen molar-refractivity contribution in [3.8, 4) is 0 Å². The molecule has 0 amide bonds. The van der Waals surface area contributed by atoms with Crippen LogP contribution >= 0.6 is 0 Å². The van der Waals surface area contributed by atoms with Crippen LogP contribution in [0.5, 0.6) is 0 Å². The van der Waals surface area contributed by atoms with Gasteiger partial charge in [0.2, 0.25) is 5.78 Å². The number of hydrogen-bond acceptors (Lipinski definition) is 4. The molecule has 0 aliphatic heterocycles. The summed E-state index contributed by atoms with van der Waals surface area (Å²) in [5, 5.41) is 0. The molecule has 27 heavy (non-hydrogen) atoms. The van der Waals surface area contributed by atoms with E-state index in [9.17, 15) is 27.6 Å². The summed E-state index contributed by atoms with van der Waals surface area (Å²) in [7, 11) is 1.55. The molecule has 0 unspecified atom stereocenters. The summed E-state index contributed by atoms with van der Waals surface area (Å²) >= 11 is 0. The lowest BCUT2D eigenvalue weighted by Gasteiger charge is -2.12. The van der Waals surface area contributed by atoms with Gasteiger partial charge >= 0.3 is 12.1 Å². The first kappa shape index (κ1) is 20.5. The van der Waals surface area contributed by atoms with Gasteiger partial charge in [0, 0.05) is 35.8 Å². The Labute approximate surface area is 153 Å². The molecule has 9 heteroatoms. The molecule has 2 aromatic heterocycles. The van der Waals surface area contributed by atoms with Gasteiger partial charge in [0.15, 0.2) is 12.4 Å². The second-order valence-electron chi connectivity index (χ2n) is 6.27. The maximum absolute atomic E-state index is 12.6. The third-order valence-electron chi connectivity index (χ3n) is 4.17. The molecule has 0 bridgehead atoms. The maximum atomic E-state index is 12.6. The molecular weight excluding hydrogens is 365 g/mol. The zero-order valence-electron chi connectivity index (χ0n) is 15.3. The number of aryl methyl sites for hydroxylation is 2. The lowest BCUT2D eigenvalue weighted by atomic mass is 10.1. The fourth-order valence-corrected chi connectivity index (χ4v) is 2.75. The third kappa shape index (κ3) is 4.66. The molecule has 0 aromatic carbocycles. The number of carbonyl (C=O) groups excluding carboxylic acids is 3. The second-order valence-corrected chi connectivity index (χ2v) is 6.27. The fourth-order valence-electron chi connectivity index (χ4n) is 2.75. The van der Waals surface area contributed by atoms with E-state index in [1.165, 1.54) is 43.7 Å². The van der Waals surface area contributed by atoms with E-state index in [1.807, 2.05) is 0 Å². The van der Waals surface area contributed by atoms with Gasteiger partial charge in [-0.1, -0.05) is 0 Å². The van der Waals surface area contributed by atoms with Crippen molar-refractivity contribution in [1.82, 2.24) is 9.13 Å². The number of ether oxygens (including phenoxy) is 1. The molecule has 0 aliphatic rings. The summed E-state index contributed by atoms with van der Waals surface area (Å²) in [4.78, 5) is 35.8. The Kier molecular flexibility index (Phi) is 5.62. The first-order chi connectivity index (χ1) is 12.4. The molecule has 2 aromatic rings. The molecule has 0 saturated heterocycles. The van der Waals surface area contributed by atoms with Gasteiger partial charge in [-0.05, 0) is 32.9 Å². The second kappa shape index (κ2) is 7.42. The van der Waals surface area contributed by atoms with Crippen LogP contribution in [0.25, 0.3) is 0 Å². The molecule has 6 nitrogen and oxygen atoms in total. The molecule has 0 saturated carbocycles. The number of rotatable bonds is 6. The van der Waals surface area contributed by atoms with Gasteiger partial charge in [-0.15, -0.1) is 0 Å². The number of esters is 1. The van der Waals surface area contributed by atoms with Crippen LogP contribution < -0.4 is 0 Å². The van der Waals surface area contributed by atoms with E-state index in [0.29, 0.717) is 5.56 Å². The number of nitrogens with zero attached hydrogens (tertiary/aromatic N) is 2. The molecule has 0 radical (unpaired) electrons. The molecule has 0 spiro atoms. The fraction of sp³-hybridized carbons (Fsp3) is 0.389. The van der Waals surface area contributed by atoms with Crippen molar-refractivity contribution in [1.29, 1.82) is 0 Å². The van der Waals surface area contributed by atoms with Crippen LogP contribution in [-0.4, -0.2) is 39.5 Å². The molecule has 146 valence electrons. The first-order valence-corrected chi connectivity index (χ1v) is 8.02. The Morgan fingerprint density at radius 1 is 1.15 bits per heavy atom. The number of hydrogen-bond donors (Lipinski definition) is 0. The van der Waals surface area contributed by atoms with Gasteiger partial charge in [0.1, 0.15) is 12.2 Å². The molecular formula is C18H19F3N2O4. The highest BCUT2D eigenvalue weighted by atomic mass is 19.4. The van der Waals surface area contributed by atoms with Crippen molar-refractivity contribution in [2.75, 3.05) is 6.61 Å². The van der Waals surface area contributed by atoms with Crippen LogP contribution in [-0.2, 0) is 18.3 Å². The van der Waals surface area contributed by atoms with Crippen LogP contribution in [0.1, 0.15) is 49.5 Å². The van der Waals surface area contributed by atoms with Crippen molar-refractivity contribution < 1.29 is 32.3 Å². The van der Waals surface area contributed by atoms with E-state index in [0.717, 1.165) is 4.57 Å². The summed E-state index contributed by atoms with van der Waals surface area (Å²) in [6.07, 6.45) is -2.95. The summed E-state index contributed by atoms with van der Waals surface area (Å²) in [5.41, 5.74) is 0.930. The predicted molar refractivity (Wildman–Crippen MR) is 90.0 cm³/mol. The van der Waals surface area contributed by atoms with Crippen LogP contribution in [0.3, 0.4) is 0 Å². The summed E-state index contributed by atoms with van der Waals surface area (Å²) in [6.45, 7) is 2.41. The SMILES string of the molecule is CC(=O)c1cc(C(=O)OCC(=O)c2cc(C)n(CC(F)(F)F)c2C)n(C)c1. The van der Waals surface area contributed by atoms with E-state index < -0.39 is 31.1 Å². The number of aromatic nitrogens is 2. The highest BCUT2D eigenvalue weighted by Crippen LogP contribution is 2.23. The normalized spacial score (nSPS) is 11.5. The molecule has 0 N–H and O–H groups in total. The van der Waals surface area contributed by atoms with E-state index in [4.69, 9.17) is 4.74 Å². The monoisotopic (exact) mass is 384 g/mol. The quantitative estimate of drug-likeness (QED) is 0.566. The Morgan fingerprint density at radius 2 is 1.78 bits per heavy atom. The topological polar surface area (TPSA) is 70.3 Å². The Balaban J connectivity index is 2.11. The van der Waals surface area contributed by atoms with Crippen LogP contribution in [0.4, 0.5) is 13.2 Å². The van der Waals surface area contributed by atoms with E-state index in [2.05, 4.69) is 0 Å². The zero-order chi connectivity index (χ0) is 20.5. The first-order valence-electron chi connectivity index (χ1n) is 8.02. The Morgan fingerprint density at radius 3 is 2.30 bits per heavy atom. The van der Waals surface area contributed by atoms with Gasteiger partial charge in [-0.3, -0.25) is 9.59 Å². The lowest BCUT2D eigenvalue weighted by Crippen LogP contribution is -2.20.